The molecule has 0 N–H and O–H groups in total. The second-order valence-corrected chi connectivity index (χ2v) is 3.69. The zero-order valence-corrected chi connectivity index (χ0v) is 9.66. The van der Waals surface area contributed by atoms with Crippen LogP contribution in [-0.2, 0) is 0 Å². The fraction of sp³-hybridized carbons (Fsp3) is 0.250. The maximum Gasteiger partial charge on any atom is 0.253 e. The van der Waals surface area contributed by atoms with Gasteiger partial charge < -0.3 is 4.90 Å². The van der Waals surface area contributed by atoms with Crippen molar-refractivity contribution in [1.82, 2.24) is 4.90 Å². The molecule has 0 aliphatic rings. The first kappa shape index (κ1) is 11.8. The van der Waals surface area contributed by atoms with E-state index in [0.29, 0.717) is 11.4 Å². The molecule has 0 spiro atoms. The van der Waals surface area contributed by atoms with E-state index in [2.05, 4.69) is 0 Å². The molecule has 0 aromatic heterocycles. The van der Waals surface area contributed by atoms with E-state index in [1.807, 2.05) is 30.4 Å². The monoisotopic (exact) mass is 223 g/mol. The molecule has 0 saturated heterocycles. The Morgan fingerprint density at radius 3 is 2.80 bits per heavy atom. The van der Waals surface area contributed by atoms with E-state index in [1.54, 1.807) is 25.1 Å². The van der Waals surface area contributed by atoms with Crippen LogP contribution >= 0.6 is 11.6 Å². The normalized spacial score (nSPS) is 10.6. The Morgan fingerprint density at radius 1 is 1.47 bits per heavy atom. The predicted octanol–water partition coefficient (Wildman–Crippen LogP) is 2.64. The number of amides is 1. The molecule has 3 heteroatoms. The van der Waals surface area contributed by atoms with Crippen LogP contribution in [0.4, 0.5) is 0 Å². The van der Waals surface area contributed by atoms with E-state index in [1.165, 1.54) is 0 Å². The van der Waals surface area contributed by atoms with E-state index >= 15 is 0 Å². The fourth-order valence-corrected chi connectivity index (χ4v) is 1.30. The van der Waals surface area contributed by atoms with Crippen molar-refractivity contribution in [3.8, 4) is 0 Å². The van der Waals surface area contributed by atoms with Gasteiger partial charge in [-0.05, 0) is 17.7 Å². The molecule has 0 bridgehead atoms. The third kappa shape index (κ3) is 3.40. The van der Waals surface area contributed by atoms with Crippen LogP contribution < -0.4 is 0 Å². The number of allylic oxidation sites excluding steroid dienone is 1. The number of alkyl halides is 1. The first-order chi connectivity index (χ1) is 7.15. The van der Waals surface area contributed by atoms with Gasteiger partial charge in [0.25, 0.3) is 5.91 Å². The van der Waals surface area contributed by atoms with Crippen molar-refractivity contribution in [2.24, 2.45) is 0 Å². The second kappa shape index (κ2) is 5.56. The number of nitrogens with zero attached hydrogens (tertiary/aromatic N) is 1. The molecular weight excluding hydrogens is 210 g/mol. The Labute approximate surface area is 95.2 Å². The molecule has 15 heavy (non-hydrogen) atoms. The number of hydrogen-bond acceptors (Lipinski definition) is 1. The molecule has 0 saturated carbocycles. The molecule has 0 aliphatic carbocycles. The van der Waals surface area contributed by atoms with Gasteiger partial charge >= 0.3 is 0 Å². The van der Waals surface area contributed by atoms with E-state index in [9.17, 15) is 4.79 Å². The van der Waals surface area contributed by atoms with Gasteiger partial charge in [0.05, 0.1) is 0 Å². The number of hydrogen-bond donors (Lipinski definition) is 0. The smallest absolute Gasteiger partial charge is 0.253 e. The van der Waals surface area contributed by atoms with Crippen molar-refractivity contribution < 1.29 is 4.79 Å². The first-order valence-corrected chi connectivity index (χ1v) is 5.23. The zero-order valence-electron chi connectivity index (χ0n) is 8.90. The van der Waals surface area contributed by atoms with Gasteiger partial charge in [-0.15, -0.1) is 11.6 Å². The van der Waals surface area contributed by atoms with Crippen LogP contribution in [0.5, 0.6) is 0 Å². The summed E-state index contributed by atoms with van der Waals surface area (Å²) >= 11 is 5.54. The van der Waals surface area contributed by atoms with E-state index < -0.39 is 0 Å². The zero-order chi connectivity index (χ0) is 11.3. The molecule has 0 radical (unpaired) electrons. The van der Waals surface area contributed by atoms with Crippen LogP contribution in [0.3, 0.4) is 0 Å². The molecule has 1 aromatic rings. The molecule has 0 atom stereocenters. The number of halogens is 1. The molecule has 2 nitrogen and oxygen atoms in total. The third-order valence-corrected chi connectivity index (χ3v) is 2.12. The van der Waals surface area contributed by atoms with Gasteiger partial charge in [0.15, 0.2) is 0 Å². The van der Waals surface area contributed by atoms with Gasteiger partial charge in [-0.2, -0.15) is 0 Å². The molecule has 0 heterocycles. The SMILES string of the molecule is CN(C)C(=O)c1cccc(C=CCCl)c1. The lowest BCUT2D eigenvalue weighted by Gasteiger charge is -2.10. The Balaban J connectivity index is 2.92. The molecule has 0 unspecified atom stereocenters. The van der Waals surface area contributed by atoms with Gasteiger partial charge in [-0.3, -0.25) is 4.79 Å². The van der Waals surface area contributed by atoms with Crippen LogP contribution in [0.15, 0.2) is 30.3 Å². The van der Waals surface area contributed by atoms with Crippen molar-refractivity contribution in [2.75, 3.05) is 20.0 Å². The molecule has 1 aromatic carbocycles. The molecular formula is C12H14ClNO. The maximum absolute atomic E-state index is 11.6. The lowest BCUT2D eigenvalue weighted by molar-refractivity contribution is 0.0827. The second-order valence-electron chi connectivity index (χ2n) is 3.38. The third-order valence-electron chi connectivity index (χ3n) is 1.94. The van der Waals surface area contributed by atoms with E-state index in [-0.39, 0.29) is 5.91 Å². The number of benzene rings is 1. The van der Waals surface area contributed by atoms with Gasteiger partial charge in [-0.25, -0.2) is 0 Å². The lowest BCUT2D eigenvalue weighted by atomic mass is 10.1. The maximum atomic E-state index is 11.6. The van der Waals surface area contributed by atoms with Crippen molar-refractivity contribution in [2.45, 2.75) is 0 Å². The van der Waals surface area contributed by atoms with E-state index in [0.717, 1.165) is 5.56 Å². The van der Waals surface area contributed by atoms with Crippen molar-refractivity contribution in [1.29, 1.82) is 0 Å². The highest BCUT2D eigenvalue weighted by Crippen LogP contribution is 2.08. The minimum Gasteiger partial charge on any atom is -0.345 e. The standard InChI is InChI=1S/C12H14ClNO/c1-14(2)12(15)11-7-3-5-10(9-11)6-4-8-13/h3-7,9H,8H2,1-2H3. The molecule has 1 amide bonds. The van der Waals surface area contributed by atoms with Crippen LogP contribution in [0.2, 0.25) is 0 Å². The highest BCUT2D eigenvalue weighted by atomic mass is 35.5. The molecule has 80 valence electrons. The summed E-state index contributed by atoms with van der Waals surface area (Å²) in [5.74, 6) is 0.488. The summed E-state index contributed by atoms with van der Waals surface area (Å²) < 4.78 is 0. The summed E-state index contributed by atoms with van der Waals surface area (Å²) in [6.07, 6.45) is 3.75. The Bertz CT molecular complexity index is 372. The average Bonchev–Trinajstić information content (AvgIpc) is 2.25. The summed E-state index contributed by atoms with van der Waals surface area (Å²) in [5, 5.41) is 0. The Hall–Kier alpha value is -1.28. The van der Waals surface area contributed by atoms with Crippen LogP contribution in [0, 0.1) is 0 Å². The summed E-state index contributed by atoms with van der Waals surface area (Å²) in [6, 6.07) is 7.46. The summed E-state index contributed by atoms with van der Waals surface area (Å²) in [4.78, 5) is 13.2. The van der Waals surface area contributed by atoms with Crippen molar-refractivity contribution in [3.05, 3.63) is 41.5 Å². The van der Waals surface area contributed by atoms with Crippen molar-refractivity contribution >= 4 is 23.6 Å². The molecule has 0 aliphatic heterocycles. The van der Waals surface area contributed by atoms with Gasteiger partial charge in [0.1, 0.15) is 0 Å². The van der Waals surface area contributed by atoms with E-state index in [4.69, 9.17) is 11.6 Å². The first-order valence-electron chi connectivity index (χ1n) is 4.69. The minimum atomic E-state index is 0.0103. The summed E-state index contributed by atoms with van der Waals surface area (Å²) in [6.45, 7) is 0. The number of carbonyl (C=O) groups excluding carboxylic acids is 1. The molecule has 0 fully saturated rings. The highest BCUT2D eigenvalue weighted by Gasteiger charge is 2.06. The van der Waals surface area contributed by atoms with Crippen LogP contribution in [-0.4, -0.2) is 30.8 Å². The van der Waals surface area contributed by atoms with Gasteiger partial charge in [0.2, 0.25) is 0 Å². The van der Waals surface area contributed by atoms with Gasteiger partial charge in [-0.1, -0.05) is 24.3 Å². The minimum absolute atomic E-state index is 0.0103. The number of carbonyl (C=O) groups is 1. The average molecular weight is 224 g/mol. The predicted molar refractivity (Wildman–Crippen MR) is 64.2 cm³/mol. The quantitative estimate of drug-likeness (QED) is 0.722. The largest absolute Gasteiger partial charge is 0.345 e. The fourth-order valence-electron chi connectivity index (χ4n) is 1.21. The van der Waals surface area contributed by atoms with Crippen LogP contribution in [0.25, 0.3) is 6.08 Å². The highest BCUT2D eigenvalue weighted by molar-refractivity contribution is 6.19. The number of rotatable bonds is 3. The van der Waals surface area contributed by atoms with Crippen LogP contribution in [0.1, 0.15) is 15.9 Å². The topological polar surface area (TPSA) is 20.3 Å². The summed E-state index contributed by atoms with van der Waals surface area (Å²) in [5.41, 5.74) is 1.68. The van der Waals surface area contributed by atoms with Crippen molar-refractivity contribution in [3.63, 3.8) is 0 Å². The van der Waals surface area contributed by atoms with Gasteiger partial charge in [0, 0.05) is 25.5 Å². The summed E-state index contributed by atoms with van der Waals surface area (Å²) in [7, 11) is 3.48. The Morgan fingerprint density at radius 2 is 2.20 bits per heavy atom. The Kier molecular flexibility index (Phi) is 4.37. The lowest BCUT2D eigenvalue weighted by Crippen LogP contribution is -2.21. The molecule has 1 rings (SSSR count).